The number of rotatable bonds is 3. The van der Waals surface area contributed by atoms with Gasteiger partial charge in [-0.3, -0.25) is 4.99 Å². The summed E-state index contributed by atoms with van der Waals surface area (Å²) in [5.41, 5.74) is 6.85. The number of nitrogens with two attached hydrogens (primary N) is 1. The minimum absolute atomic E-state index is 0.658. The summed E-state index contributed by atoms with van der Waals surface area (Å²) in [5, 5.41) is 2.11. The zero-order valence-corrected chi connectivity index (χ0v) is 8.32. The van der Waals surface area contributed by atoms with Gasteiger partial charge in [0.05, 0.1) is 12.4 Å². The van der Waals surface area contributed by atoms with Crippen LogP contribution in [-0.2, 0) is 13.0 Å². The van der Waals surface area contributed by atoms with Gasteiger partial charge >= 0.3 is 0 Å². The Bertz CT molecular complexity index is 272. The third-order valence-electron chi connectivity index (χ3n) is 1.69. The van der Waals surface area contributed by atoms with E-state index in [0.717, 1.165) is 13.0 Å². The van der Waals surface area contributed by atoms with Crippen molar-refractivity contribution < 1.29 is 0 Å². The Kier molecular flexibility index (Phi) is 3.29. The third-order valence-corrected chi connectivity index (χ3v) is 2.64. The Morgan fingerprint density at radius 1 is 1.67 bits per heavy atom. The normalized spacial score (nSPS) is 12.0. The molecule has 3 heteroatoms. The number of amidine groups is 1. The van der Waals surface area contributed by atoms with Crippen molar-refractivity contribution in [2.24, 2.45) is 10.7 Å². The number of nitrogens with zero attached hydrogens (tertiary/aromatic N) is 1. The SMILES string of the molecule is CCc1ccsc1CN=C(C)N. The fraction of sp³-hybridized carbons (Fsp3) is 0.444. The van der Waals surface area contributed by atoms with Gasteiger partial charge in [-0.25, -0.2) is 0 Å². The van der Waals surface area contributed by atoms with Crippen LogP contribution >= 0.6 is 11.3 Å². The molecule has 1 aromatic rings. The molecule has 0 unspecified atom stereocenters. The summed E-state index contributed by atoms with van der Waals surface area (Å²) in [6, 6.07) is 2.15. The molecule has 0 fully saturated rings. The van der Waals surface area contributed by atoms with E-state index in [4.69, 9.17) is 5.73 Å². The highest BCUT2D eigenvalue weighted by molar-refractivity contribution is 7.10. The molecule has 0 spiro atoms. The van der Waals surface area contributed by atoms with Gasteiger partial charge in [-0.15, -0.1) is 11.3 Å². The van der Waals surface area contributed by atoms with Crippen molar-refractivity contribution in [3.05, 3.63) is 21.9 Å². The van der Waals surface area contributed by atoms with Crippen molar-refractivity contribution in [3.63, 3.8) is 0 Å². The Morgan fingerprint density at radius 2 is 2.42 bits per heavy atom. The van der Waals surface area contributed by atoms with Gasteiger partial charge < -0.3 is 5.73 Å². The second kappa shape index (κ2) is 4.26. The highest BCUT2D eigenvalue weighted by Crippen LogP contribution is 2.17. The smallest absolute Gasteiger partial charge is 0.0910 e. The topological polar surface area (TPSA) is 38.4 Å². The predicted molar refractivity (Wildman–Crippen MR) is 54.7 cm³/mol. The van der Waals surface area contributed by atoms with E-state index >= 15 is 0 Å². The summed E-state index contributed by atoms with van der Waals surface area (Å²) in [6.45, 7) is 4.72. The van der Waals surface area contributed by atoms with Crippen LogP contribution in [0.3, 0.4) is 0 Å². The lowest BCUT2D eigenvalue weighted by atomic mass is 10.2. The van der Waals surface area contributed by atoms with Crippen LogP contribution in [0.5, 0.6) is 0 Å². The van der Waals surface area contributed by atoms with Crippen molar-refractivity contribution in [3.8, 4) is 0 Å². The Hall–Kier alpha value is -0.830. The van der Waals surface area contributed by atoms with Crippen LogP contribution in [0, 0.1) is 0 Å². The molecule has 1 rings (SSSR count). The summed E-state index contributed by atoms with van der Waals surface area (Å²) in [5.74, 6) is 0.658. The van der Waals surface area contributed by atoms with Gasteiger partial charge in [0.25, 0.3) is 0 Å². The Labute approximate surface area is 77.1 Å². The molecule has 66 valence electrons. The average molecular weight is 182 g/mol. The minimum Gasteiger partial charge on any atom is -0.388 e. The molecular formula is C9H14N2S. The first kappa shape index (κ1) is 9.26. The first-order valence-electron chi connectivity index (χ1n) is 4.05. The molecule has 0 atom stereocenters. The van der Waals surface area contributed by atoms with E-state index in [9.17, 15) is 0 Å². The van der Waals surface area contributed by atoms with Crippen LogP contribution < -0.4 is 5.73 Å². The van der Waals surface area contributed by atoms with Crippen LogP contribution in [0.4, 0.5) is 0 Å². The fourth-order valence-corrected chi connectivity index (χ4v) is 1.92. The molecule has 12 heavy (non-hydrogen) atoms. The molecule has 0 aliphatic carbocycles. The number of aliphatic imine (C=N–C) groups is 1. The van der Waals surface area contributed by atoms with Crippen LogP contribution in [0.15, 0.2) is 16.4 Å². The van der Waals surface area contributed by atoms with Crippen LogP contribution in [0.25, 0.3) is 0 Å². The van der Waals surface area contributed by atoms with Gasteiger partial charge in [-0.2, -0.15) is 0 Å². The van der Waals surface area contributed by atoms with Gasteiger partial charge in [0.1, 0.15) is 0 Å². The van der Waals surface area contributed by atoms with E-state index in [0.29, 0.717) is 5.84 Å². The molecule has 0 saturated carbocycles. The minimum atomic E-state index is 0.658. The standard InChI is InChI=1S/C9H14N2S/c1-3-8-4-5-12-9(8)6-11-7(2)10/h4-5H,3,6H2,1-2H3,(H2,10,11). The molecular weight excluding hydrogens is 168 g/mol. The summed E-state index contributed by atoms with van der Waals surface area (Å²) in [7, 11) is 0. The molecule has 2 N–H and O–H groups in total. The number of hydrogen-bond acceptors (Lipinski definition) is 2. The van der Waals surface area contributed by atoms with Gasteiger partial charge in [0.2, 0.25) is 0 Å². The maximum absolute atomic E-state index is 5.46. The van der Waals surface area contributed by atoms with Crippen molar-refractivity contribution in [2.45, 2.75) is 26.8 Å². The van der Waals surface area contributed by atoms with Crippen LogP contribution in [0.1, 0.15) is 24.3 Å². The molecule has 2 nitrogen and oxygen atoms in total. The fourth-order valence-electron chi connectivity index (χ4n) is 1.02. The van der Waals surface area contributed by atoms with Crippen molar-refractivity contribution in [1.82, 2.24) is 0 Å². The van der Waals surface area contributed by atoms with E-state index in [-0.39, 0.29) is 0 Å². The first-order valence-corrected chi connectivity index (χ1v) is 4.93. The van der Waals surface area contributed by atoms with Crippen molar-refractivity contribution in [2.75, 3.05) is 0 Å². The molecule has 0 aliphatic heterocycles. The summed E-state index contributed by atoms with van der Waals surface area (Å²) >= 11 is 1.75. The maximum atomic E-state index is 5.46. The largest absolute Gasteiger partial charge is 0.388 e. The second-order valence-corrected chi connectivity index (χ2v) is 3.68. The molecule has 1 aromatic heterocycles. The van der Waals surface area contributed by atoms with E-state index in [1.807, 2.05) is 6.92 Å². The molecule has 0 bridgehead atoms. The molecule has 0 radical (unpaired) electrons. The molecule has 1 heterocycles. The Morgan fingerprint density at radius 3 is 3.00 bits per heavy atom. The highest BCUT2D eigenvalue weighted by Gasteiger charge is 1.99. The molecule has 0 amide bonds. The van der Waals surface area contributed by atoms with E-state index in [1.54, 1.807) is 11.3 Å². The van der Waals surface area contributed by atoms with E-state index < -0.39 is 0 Å². The highest BCUT2D eigenvalue weighted by atomic mass is 32.1. The van der Waals surface area contributed by atoms with Crippen LogP contribution in [-0.4, -0.2) is 5.84 Å². The first-order chi connectivity index (χ1) is 5.74. The lowest BCUT2D eigenvalue weighted by molar-refractivity contribution is 1.03. The quantitative estimate of drug-likeness (QED) is 0.564. The van der Waals surface area contributed by atoms with Gasteiger partial charge in [-0.05, 0) is 30.4 Å². The van der Waals surface area contributed by atoms with E-state index in [1.165, 1.54) is 10.4 Å². The monoisotopic (exact) mass is 182 g/mol. The molecule has 0 aliphatic rings. The lowest BCUT2D eigenvalue weighted by Gasteiger charge is -1.96. The lowest BCUT2D eigenvalue weighted by Crippen LogP contribution is -2.05. The third kappa shape index (κ3) is 2.34. The summed E-state index contributed by atoms with van der Waals surface area (Å²) in [6.07, 6.45) is 1.08. The van der Waals surface area contributed by atoms with Gasteiger partial charge in [-0.1, -0.05) is 6.92 Å². The average Bonchev–Trinajstić information content (AvgIpc) is 2.47. The van der Waals surface area contributed by atoms with Crippen molar-refractivity contribution >= 4 is 17.2 Å². The number of aryl methyl sites for hydroxylation is 1. The maximum Gasteiger partial charge on any atom is 0.0910 e. The molecule has 0 saturated heterocycles. The van der Waals surface area contributed by atoms with Crippen LogP contribution in [0.2, 0.25) is 0 Å². The zero-order valence-electron chi connectivity index (χ0n) is 7.50. The summed E-state index contributed by atoms with van der Waals surface area (Å²) in [4.78, 5) is 5.52. The predicted octanol–water partition coefficient (Wildman–Crippen LogP) is 2.19. The van der Waals surface area contributed by atoms with E-state index in [2.05, 4.69) is 23.4 Å². The van der Waals surface area contributed by atoms with Gasteiger partial charge in [0.15, 0.2) is 0 Å². The summed E-state index contributed by atoms with van der Waals surface area (Å²) < 4.78 is 0. The number of thiophene rings is 1. The Balaban J connectivity index is 2.68. The molecule has 0 aromatic carbocycles. The van der Waals surface area contributed by atoms with Gasteiger partial charge in [0, 0.05) is 4.88 Å². The zero-order chi connectivity index (χ0) is 8.97. The second-order valence-electron chi connectivity index (χ2n) is 2.68. The number of hydrogen-bond donors (Lipinski definition) is 1. The van der Waals surface area contributed by atoms with Crippen molar-refractivity contribution in [1.29, 1.82) is 0 Å².